The van der Waals surface area contributed by atoms with Crippen LogP contribution in [0.1, 0.15) is 0 Å². The molecule has 0 saturated heterocycles. The number of esters is 2. The lowest BCUT2D eigenvalue weighted by atomic mass is 10.1. The second-order valence-corrected chi connectivity index (χ2v) is 15.1. The van der Waals surface area contributed by atoms with Crippen molar-refractivity contribution in [2.24, 2.45) is 13.0 Å². The summed E-state index contributed by atoms with van der Waals surface area (Å²) in [5.74, 6) is -3.12. The molecule has 1 heterocycles. The summed E-state index contributed by atoms with van der Waals surface area (Å²) in [6.45, 7) is 15.1. The molecule has 0 aliphatic heterocycles. The van der Waals surface area contributed by atoms with E-state index in [0.29, 0.717) is 12.3 Å². The SMILES string of the molecule is C=C/C=C\C(=C)N(COCC[Si](C)(C)C)Nn1c(=O)c(NC)c(NC(=S)C(C(=O)OC)C(=O)OC)n1C. The molecule has 1 aromatic rings. The van der Waals surface area contributed by atoms with Crippen molar-refractivity contribution in [3.63, 3.8) is 0 Å². The van der Waals surface area contributed by atoms with Crippen LogP contribution in [0.2, 0.25) is 25.7 Å². The summed E-state index contributed by atoms with van der Waals surface area (Å²) in [5, 5.41) is 7.17. The molecule has 0 aromatic carbocycles. The van der Waals surface area contributed by atoms with E-state index in [1.165, 1.54) is 9.47 Å². The minimum atomic E-state index is -1.51. The Labute approximate surface area is 223 Å². The highest BCUT2D eigenvalue weighted by atomic mass is 32.1. The normalized spacial score (nSPS) is 11.2. The third-order valence-electron chi connectivity index (χ3n) is 5.10. The number of nitrogens with zero attached hydrogens (tertiary/aromatic N) is 3. The molecular formula is C23H38N6O6SSi. The van der Waals surface area contributed by atoms with Crippen LogP contribution in [0.5, 0.6) is 0 Å². The summed E-state index contributed by atoms with van der Waals surface area (Å²) in [7, 11) is 4.10. The first-order valence-electron chi connectivity index (χ1n) is 11.4. The maximum absolute atomic E-state index is 13.2. The van der Waals surface area contributed by atoms with E-state index in [1.807, 2.05) is 0 Å². The molecule has 0 aliphatic rings. The van der Waals surface area contributed by atoms with Crippen molar-refractivity contribution in [2.45, 2.75) is 25.7 Å². The lowest BCUT2D eigenvalue weighted by molar-refractivity contribution is -0.154. The van der Waals surface area contributed by atoms with Gasteiger partial charge in [0.2, 0.25) is 5.92 Å². The van der Waals surface area contributed by atoms with Gasteiger partial charge in [-0.3, -0.25) is 14.4 Å². The predicted octanol–water partition coefficient (Wildman–Crippen LogP) is 2.26. The van der Waals surface area contributed by atoms with Crippen LogP contribution in [0.3, 0.4) is 0 Å². The molecule has 0 amide bonds. The first-order chi connectivity index (χ1) is 17.3. The number of rotatable bonds is 15. The molecular weight excluding hydrogens is 516 g/mol. The van der Waals surface area contributed by atoms with Gasteiger partial charge in [-0.15, -0.1) is 4.79 Å². The monoisotopic (exact) mass is 554 g/mol. The van der Waals surface area contributed by atoms with E-state index < -0.39 is 31.5 Å². The van der Waals surface area contributed by atoms with E-state index in [9.17, 15) is 14.4 Å². The standard InChI is InChI=1S/C23H38N6O6SSi/c1-10-11-12-16(2)28(15-35-13-14-37(7,8)9)26-29-21(30)18(24-3)19(27(29)4)25-20(36)17(22(31)33-5)23(32)34-6/h10-12,17,24,26H,1-2,13-15H2,3-9H3,(H,25,36)/b12-11-. The van der Waals surface area contributed by atoms with Gasteiger partial charge in [-0.25, -0.2) is 15.2 Å². The number of hydrogen-bond acceptors (Lipinski definition) is 10. The minimum Gasteiger partial charge on any atom is -0.468 e. The maximum atomic E-state index is 13.2. The van der Waals surface area contributed by atoms with Crippen LogP contribution in [-0.4, -0.2) is 74.1 Å². The Bertz CT molecular complexity index is 1070. The zero-order valence-electron chi connectivity index (χ0n) is 22.5. The van der Waals surface area contributed by atoms with Gasteiger partial charge in [0, 0.05) is 28.8 Å². The fraction of sp³-hybridized carbons (Fsp3) is 0.478. The molecule has 37 heavy (non-hydrogen) atoms. The van der Waals surface area contributed by atoms with Crippen molar-refractivity contribution in [2.75, 3.05) is 50.8 Å². The third kappa shape index (κ3) is 8.91. The molecule has 1 aromatic heterocycles. The zero-order valence-corrected chi connectivity index (χ0v) is 24.4. The van der Waals surface area contributed by atoms with Gasteiger partial charge in [0.05, 0.1) is 19.9 Å². The molecule has 0 bridgehead atoms. The van der Waals surface area contributed by atoms with E-state index in [-0.39, 0.29) is 23.2 Å². The lowest BCUT2D eigenvalue weighted by Gasteiger charge is -2.27. The number of anilines is 2. The summed E-state index contributed by atoms with van der Waals surface area (Å²) < 4.78 is 16.6. The molecule has 0 saturated carbocycles. The Morgan fingerprint density at radius 1 is 1.22 bits per heavy atom. The average Bonchev–Trinajstić information content (AvgIpc) is 3.06. The van der Waals surface area contributed by atoms with E-state index in [4.69, 9.17) is 17.0 Å². The lowest BCUT2D eigenvalue weighted by Crippen LogP contribution is -2.43. The van der Waals surface area contributed by atoms with Gasteiger partial charge in [0.1, 0.15) is 17.4 Å². The summed E-state index contributed by atoms with van der Waals surface area (Å²) in [6.07, 6.45) is 5.02. The van der Waals surface area contributed by atoms with Gasteiger partial charge < -0.3 is 24.8 Å². The number of aromatic nitrogens is 2. The Hall–Kier alpha value is -3.36. The molecule has 12 nitrogen and oxygen atoms in total. The molecule has 0 fully saturated rings. The van der Waals surface area contributed by atoms with Gasteiger partial charge in [-0.1, -0.05) is 57.2 Å². The molecule has 206 valence electrons. The smallest absolute Gasteiger partial charge is 0.327 e. The maximum Gasteiger partial charge on any atom is 0.327 e. The second-order valence-electron chi connectivity index (χ2n) is 9.04. The number of ether oxygens (including phenoxy) is 3. The summed E-state index contributed by atoms with van der Waals surface area (Å²) in [6, 6.07) is 0.969. The van der Waals surface area contributed by atoms with Crippen molar-refractivity contribution < 1.29 is 23.8 Å². The highest BCUT2D eigenvalue weighted by Crippen LogP contribution is 2.20. The molecule has 14 heteroatoms. The molecule has 0 atom stereocenters. The Morgan fingerprint density at radius 3 is 2.30 bits per heavy atom. The summed E-state index contributed by atoms with van der Waals surface area (Å²) >= 11 is 5.29. The number of hydrazine groups is 1. The van der Waals surface area contributed by atoms with E-state index in [1.54, 1.807) is 37.3 Å². The van der Waals surface area contributed by atoms with Crippen LogP contribution in [0.15, 0.2) is 41.9 Å². The van der Waals surface area contributed by atoms with Gasteiger partial charge in [0.25, 0.3) is 0 Å². The van der Waals surface area contributed by atoms with Crippen molar-refractivity contribution in [3.8, 4) is 0 Å². The topological polar surface area (TPSA) is 128 Å². The van der Waals surface area contributed by atoms with E-state index in [2.05, 4.69) is 58.4 Å². The van der Waals surface area contributed by atoms with Gasteiger partial charge in [-0.05, 0) is 12.1 Å². The van der Waals surface area contributed by atoms with Crippen LogP contribution in [-0.2, 0) is 30.8 Å². The number of hydrogen-bond donors (Lipinski definition) is 3. The highest BCUT2D eigenvalue weighted by Gasteiger charge is 2.34. The number of carbonyl (C=O) groups excluding carboxylic acids is 2. The Kier molecular flexibility index (Phi) is 12.3. The first-order valence-corrected chi connectivity index (χ1v) is 15.5. The zero-order chi connectivity index (χ0) is 28.3. The van der Waals surface area contributed by atoms with E-state index >= 15 is 0 Å². The molecule has 0 spiro atoms. The number of carbonyl (C=O) groups is 2. The summed E-state index contributed by atoms with van der Waals surface area (Å²) in [4.78, 5) is 38.5. The summed E-state index contributed by atoms with van der Waals surface area (Å²) in [5.41, 5.74) is 3.14. The van der Waals surface area contributed by atoms with Crippen molar-refractivity contribution in [1.29, 1.82) is 0 Å². The van der Waals surface area contributed by atoms with Crippen LogP contribution in [0, 0.1) is 5.92 Å². The van der Waals surface area contributed by atoms with Crippen LogP contribution >= 0.6 is 12.2 Å². The van der Waals surface area contributed by atoms with Gasteiger partial charge >= 0.3 is 17.5 Å². The molecule has 1 rings (SSSR count). The average molecular weight is 555 g/mol. The molecule has 0 aliphatic carbocycles. The Morgan fingerprint density at radius 2 is 1.81 bits per heavy atom. The number of allylic oxidation sites excluding steroid dienone is 3. The molecule has 0 unspecified atom stereocenters. The molecule has 3 N–H and O–H groups in total. The fourth-order valence-electron chi connectivity index (χ4n) is 2.91. The number of nitrogens with one attached hydrogen (secondary N) is 3. The van der Waals surface area contributed by atoms with Gasteiger partial charge in [-0.2, -0.15) is 0 Å². The van der Waals surface area contributed by atoms with Crippen molar-refractivity contribution in [3.05, 3.63) is 47.4 Å². The second kappa shape index (κ2) is 14.4. The van der Waals surface area contributed by atoms with Crippen LogP contribution < -0.4 is 21.7 Å². The fourth-order valence-corrected chi connectivity index (χ4v) is 3.96. The van der Waals surface area contributed by atoms with Crippen molar-refractivity contribution >= 4 is 48.7 Å². The Balaban J connectivity index is 3.32. The van der Waals surface area contributed by atoms with Gasteiger partial charge in [0.15, 0.2) is 5.82 Å². The van der Waals surface area contributed by atoms with Crippen LogP contribution in [0.25, 0.3) is 0 Å². The predicted molar refractivity (Wildman–Crippen MR) is 152 cm³/mol. The van der Waals surface area contributed by atoms with E-state index in [0.717, 1.165) is 20.3 Å². The first kappa shape index (κ1) is 31.7. The number of thiocarbonyl (C=S) groups is 1. The van der Waals surface area contributed by atoms with Crippen molar-refractivity contribution in [1.82, 2.24) is 14.5 Å². The third-order valence-corrected chi connectivity index (χ3v) is 7.14. The minimum absolute atomic E-state index is 0.102. The van der Waals surface area contributed by atoms with Crippen LogP contribution in [0.4, 0.5) is 11.5 Å². The quantitative estimate of drug-likeness (QED) is 0.0432. The number of methoxy groups -OCH3 is 2. The largest absolute Gasteiger partial charge is 0.468 e. The molecule has 0 radical (unpaired) electrons. The highest BCUT2D eigenvalue weighted by molar-refractivity contribution is 7.80.